The lowest BCUT2D eigenvalue weighted by Gasteiger charge is -2.23. The fraction of sp³-hybridized carbons (Fsp3) is 0.238. The number of ether oxygens (including phenoxy) is 1. The van der Waals surface area contributed by atoms with Crippen LogP contribution in [0.5, 0.6) is 5.75 Å². The van der Waals surface area contributed by atoms with E-state index >= 15 is 0 Å². The Morgan fingerprint density at radius 3 is 2.61 bits per heavy atom. The first-order valence-corrected chi connectivity index (χ1v) is 11.1. The number of halogens is 2. The van der Waals surface area contributed by atoms with Crippen molar-refractivity contribution in [3.63, 3.8) is 0 Å². The molecule has 3 rings (SSSR count). The Kier molecular flexibility index (Phi) is 6.58. The van der Waals surface area contributed by atoms with Gasteiger partial charge in [0.05, 0.1) is 5.69 Å². The van der Waals surface area contributed by atoms with Crippen LogP contribution < -0.4 is 10.1 Å². The minimum Gasteiger partial charge on any atom is -0.483 e. The zero-order chi connectivity index (χ0) is 20.3. The van der Waals surface area contributed by atoms with Crippen molar-refractivity contribution in [3.8, 4) is 17.0 Å². The van der Waals surface area contributed by atoms with Gasteiger partial charge in [-0.3, -0.25) is 10.1 Å². The monoisotopic (exact) mass is 522 g/mol. The molecule has 146 valence electrons. The topological polar surface area (TPSA) is 51.2 Å². The minimum atomic E-state index is -0.238. The second-order valence-corrected chi connectivity index (χ2v) is 9.97. The summed E-state index contributed by atoms with van der Waals surface area (Å²) in [4.78, 5) is 16.8. The van der Waals surface area contributed by atoms with Crippen LogP contribution in [0.25, 0.3) is 11.3 Å². The van der Waals surface area contributed by atoms with Crippen LogP contribution in [0.4, 0.5) is 5.13 Å². The number of nitrogens with zero attached hydrogens (tertiary/aromatic N) is 1. The molecule has 0 saturated heterocycles. The molecule has 0 aliphatic heterocycles. The molecule has 0 radical (unpaired) electrons. The zero-order valence-electron chi connectivity index (χ0n) is 15.8. The average Bonchev–Trinajstić information content (AvgIpc) is 3.08. The number of thiazole rings is 1. The molecule has 1 aromatic heterocycles. The lowest BCUT2D eigenvalue weighted by atomic mass is 9.86. The van der Waals surface area contributed by atoms with Crippen LogP contribution in [0, 0.1) is 0 Å². The molecule has 0 aliphatic carbocycles. The first kappa shape index (κ1) is 21.0. The Morgan fingerprint density at radius 2 is 1.89 bits per heavy atom. The Morgan fingerprint density at radius 1 is 1.14 bits per heavy atom. The predicted octanol–water partition coefficient (Wildman–Crippen LogP) is 6.65. The van der Waals surface area contributed by atoms with Crippen molar-refractivity contribution in [3.05, 3.63) is 62.4 Å². The Bertz CT molecular complexity index is 996. The normalized spacial score (nSPS) is 11.3. The van der Waals surface area contributed by atoms with Crippen LogP contribution in [0.3, 0.4) is 0 Å². The summed E-state index contributed by atoms with van der Waals surface area (Å²) in [5.74, 6) is 0.470. The smallest absolute Gasteiger partial charge is 0.264 e. The van der Waals surface area contributed by atoms with E-state index in [9.17, 15) is 4.79 Å². The molecule has 0 aliphatic rings. The van der Waals surface area contributed by atoms with E-state index in [1.807, 2.05) is 47.8 Å². The molecule has 3 aromatic rings. The second kappa shape index (κ2) is 8.76. The highest BCUT2D eigenvalue weighted by Crippen LogP contribution is 2.33. The molecule has 1 heterocycles. The molecule has 0 fully saturated rings. The Balaban J connectivity index is 1.65. The molecule has 0 unspecified atom stereocenters. The van der Waals surface area contributed by atoms with Gasteiger partial charge >= 0.3 is 0 Å². The largest absolute Gasteiger partial charge is 0.483 e. The third-order valence-corrected chi connectivity index (χ3v) is 5.72. The Labute approximate surface area is 185 Å². The number of carbonyl (C=O) groups excluding carboxylic acids is 1. The molecule has 0 spiro atoms. The van der Waals surface area contributed by atoms with Crippen LogP contribution in [-0.2, 0) is 10.2 Å². The molecule has 0 saturated carbocycles. The number of nitrogens with one attached hydrogen (secondary N) is 1. The SMILES string of the molecule is CC(C)(C)c1cc(Br)ccc1OCC(=O)Nc1nc(-c2cccc(Br)c2)cs1. The summed E-state index contributed by atoms with van der Waals surface area (Å²) in [6, 6.07) is 13.7. The fourth-order valence-corrected chi connectivity index (χ4v) is 4.12. The van der Waals surface area contributed by atoms with Gasteiger partial charge in [-0.25, -0.2) is 4.98 Å². The van der Waals surface area contributed by atoms with E-state index in [1.165, 1.54) is 11.3 Å². The van der Waals surface area contributed by atoms with Crippen LogP contribution in [0.2, 0.25) is 0 Å². The third-order valence-electron chi connectivity index (χ3n) is 3.98. The van der Waals surface area contributed by atoms with Gasteiger partial charge in [0.2, 0.25) is 0 Å². The first-order valence-electron chi connectivity index (χ1n) is 8.66. The molecular formula is C21H20Br2N2O2S. The number of rotatable bonds is 5. The third kappa shape index (κ3) is 5.43. The number of aromatic nitrogens is 1. The van der Waals surface area contributed by atoms with Crippen molar-refractivity contribution in [2.45, 2.75) is 26.2 Å². The van der Waals surface area contributed by atoms with Crippen molar-refractivity contribution in [1.82, 2.24) is 4.98 Å². The number of carbonyl (C=O) groups is 1. The first-order chi connectivity index (χ1) is 13.2. The maximum atomic E-state index is 12.3. The van der Waals surface area contributed by atoms with Crippen molar-refractivity contribution in [2.75, 3.05) is 11.9 Å². The molecule has 1 N–H and O–H groups in total. The molecule has 4 nitrogen and oxygen atoms in total. The van der Waals surface area contributed by atoms with Gasteiger partial charge in [-0.1, -0.05) is 64.8 Å². The van der Waals surface area contributed by atoms with E-state index < -0.39 is 0 Å². The van der Waals surface area contributed by atoms with E-state index in [0.29, 0.717) is 10.9 Å². The summed E-state index contributed by atoms with van der Waals surface area (Å²) in [5, 5.41) is 5.28. The quantitative estimate of drug-likeness (QED) is 0.407. The van der Waals surface area contributed by atoms with Gasteiger partial charge < -0.3 is 4.74 Å². The van der Waals surface area contributed by atoms with Gasteiger partial charge in [0.1, 0.15) is 5.75 Å². The second-order valence-electron chi connectivity index (χ2n) is 7.28. The fourth-order valence-electron chi connectivity index (χ4n) is 2.62. The van der Waals surface area contributed by atoms with Crippen LogP contribution >= 0.6 is 43.2 Å². The minimum absolute atomic E-state index is 0.0729. The zero-order valence-corrected chi connectivity index (χ0v) is 19.7. The highest BCUT2D eigenvalue weighted by Gasteiger charge is 2.20. The summed E-state index contributed by atoms with van der Waals surface area (Å²) in [6.45, 7) is 6.26. The van der Waals surface area contributed by atoms with E-state index in [0.717, 1.165) is 25.8 Å². The van der Waals surface area contributed by atoms with Crippen LogP contribution in [-0.4, -0.2) is 17.5 Å². The van der Waals surface area contributed by atoms with Crippen molar-refractivity contribution in [2.24, 2.45) is 0 Å². The summed E-state index contributed by atoms with van der Waals surface area (Å²) in [5.41, 5.74) is 2.77. The highest BCUT2D eigenvalue weighted by atomic mass is 79.9. The van der Waals surface area contributed by atoms with Gasteiger partial charge in [0, 0.05) is 25.5 Å². The molecular weight excluding hydrogens is 504 g/mol. The van der Waals surface area contributed by atoms with Crippen LogP contribution in [0.15, 0.2) is 56.8 Å². The van der Waals surface area contributed by atoms with Gasteiger partial charge in [-0.05, 0) is 35.7 Å². The predicted molar refractivity (Wildman–Crippen MR) is 122 cm³/mol. The average molecular weight is 524 g/mol. The van der Waals surface area contributed by atoms with Crippen molar-refractivity contribution in [1.29, 1.82) is 0 Å². The summed E-state index contributed by atoms with van der Waals surface area (Å²) in [7, 11) is 0. The molecule has 28 heavy (non-hydrogen) atoms. The lowest BCUT2D eigenvalue weighted by Crippen LogP contribution is -2.22. The standard InChI is InChI=1S/C21H20Br2N2O2S/c1-21(2,3)16-10-15(23)7-8-18(16)27-11-19(26)25-20-24-17(12-28-20)13-5-4-6-14(22)9-13/h4-10,12H,11H2,1-3H3,(H,24,25,26). The number of hydrogen-bond acceptors (Lipinski definition) is 4. The molecule has 1 amide bonds. The number of hydrogen-bond donors (Lipinski definition) is 1. The molecule has 0 bridgehead atoms. The summed E-state index contributed by atoms with van der Waals surface area (Å²) < 4.78 is 7.77. The molecule has 2 aromatic carbocycles. The van der Waals surface area contributed by atoms with E-state index in [1.54, 1.807) is 0 Å². The summed E-state index contributed by atoms with van der Waals surface area (Å²) >= 11 is 8.34. The van der Waals surface area contributed by atoms with Gasteiger partial charge in [0.15, 0.2) is 11.7 Å². The molecule has 7 heteroatoms. The Hall–Kier alpha value is -1.70. The van der Waals surface area contributed by atoms with E-state index in [-0.39, 0.29) is 17.9 Å². The maximum absolute atomic E-state index is 12.3. The maximum Gasteiger partial charge on any atom is 0.264 e. The van der Waals surface area contributed by atoms with E-state index in [4.69, 9.17) is 4.74 Å². The van der Waals surface area contributed by atoms with Gasteiger partial charge in [0.25, 0.3) is 5.91 Å². The highest BCUT2D eigenvalue weighted by molar-refractivity contribution is 9.10. The lowest BCUT2D eigenvalue weighted by molar-refractivity contribution is -0.118. The van der Waals surface area contributed by atoms with Gasteiger partial charge in [-0.2, -0.15) is 0 Å². The van der Waals surface area contributed by atoms with E-state index in [2.05, 4.69) is 62.9 Å². The number of amides is 1. The van der Waals surface area contributed by atoms with Gasteiger partial charge in [-0.15, -0.1) is 11.3 Å². The number of benzene rings is 2. The van der Waals surface area contributed by atoms with Crippen LogP contribution in [0.1, 0.15) is 26.3 Å². The molecule has 0 atom stereocenters. The van der Waals surface area contributed by atoms with Crippen molar-refractivity contribution < 1.29 is 9.53 Å². The number of anilines is 1. The summed E-state index contributed by atoms with van der Waals surface area (Å²) in [6.07, 6.45) is 0. The van der Waals surface area contributed by atoms with Crippen molar-refractivity contribution >= 4 is 54.2 Å².